The Hall–Kier alpha value is -1.06. The lowest BCUT2D eigenvalue weighted by molar-refractivity contribution is -0.149. The van der Waals surface area contributed by atoms with Gasteiger partial charge in [-0.05, 0) is 19.3 Å². The quantitative estimate of drug-likeness (QED) is 0.356. The first kappa shape index (κ1) is 21.0. The third-order valence-electron chi connectivity index (χ3n) is 4.75. The van der Waals surface area contributed by atoms with Crippen LogP contribution < -0.4 is 0 Å². The van der Waals surface area contributed by atoms with Gasteiger partial charge in [-0.15, -0.1) is 0 Å². The Morgan fingerprint density at radius 1 is 0.917 bits per heavy atom. The Kier molecular flexibility index (Phi) is 12.5. The Balaban J connectivity index is 1.91. The minimum atomic E-state index is -0.249. The number of hydrogen-bond donors (Lipinski definition) is 0. The molecule has 1 aliphatic rings. The van der Waals surface area contributed by atoms with Crippen molar-refractivity contribution in [2.75, 3.05) is 19.7 Å². The van der Waals surface area contributed by atoms with E-state index in [0.717, 1.165) is 32.1 Å². The number of nitrogens with zero attached hydrogens (tertiary/aromatic N) is 1. The average Bonchev–Trinajstić information content (AvgIpc) is 2.77. The topological polar surface area (TPSA) is 46.6 Å². The van der Waals surface area contributed by atoms with E-state index in [-0.39, 0.29) is 18.4 Å². The molecule has 1 saturated heterocycles. The van der Waals surface area contributed by atoms with Crippen LogP contribution in [0.1, 0.15) is 96.8 Å². The van der Waals surface area contributed by atoms with Crippen LogP contribution in [-0.4, -0.2) is 36.5 Å². The summed E-state index contributed by atoms with van der Waals surface area (Å²) in [5, 5.41) is 0. The van der Waals surface area contributed by atoms with Gasteiger partial charge in [0.05, 0.1) is 6.61 Å². The average molecular weight is 340 g/mol. The van der Waals surface area contributed by atoms with Gasteiger partial charge >= 0.3 is 5.97 Å². The predicted octanol–water partition coefficient (Wildman–Crippen LogP) is 4.85. The van der Waals surface area contributed by atoms with E-state index in [4.69, 9.17) is 4.74 Å². The lowest BCUT2D eigenvalue weighted by Gasteiger charge is -2.19. The van der Waals surface area contributed by atoms with Crippen molar-refractivity contribution in [1.82, 2.24) is 4.90 Å². The fourth-order valence-electron chi connectivity index (χ4n) is 3.18. The second kappa shape index (κ2) is 14.3. The van der Waals surface area contributed by atoms with Crippen LogP contribution in [0.25, 0.3) is 0 Å². The van der Waals surface area contributed by atoms with Gasteiger partial charge in [0.2, 0.25) is 5.91 Å². The SMILES string of the molecule is CCCCCCCCCCCCOC(=O)CN1CCCCCC1=O. The van der Waals surface area contributed by atoms with E-state index >= 15 is 0 Å². The molecule has 1 rings (SSSR count). The molecular formula is C20H37NO3. The molecule has 1 heterocycles. The molecule has 0 N–H and O–H groups in total. The molecule has 0 bridgehead atoms. The van der Waals surface area contributed by atoms with Gasteiger partial charge in [-0.1, -0.05) is 71.1 Å². The molecule has 0 atom stereocenters. The zero-order chi connectivity index (χ0) is 17.5. The molecule has 0 aliphatic carbocycles. The van der Waals surface area contributed by atoms with E-state index in [9.17, 15) is 9.59 Å². The first-order chi connectivity index (χ1) is 11.7. The molecule has 1 fully saturated rings. The molecule has 0 aromatic rings. The summed E-state index contributed by atoms with van der Waals surface area (Å²) in [4.78, 5) is 25.3. The zero-order valence-electron chi connectivity index (χ0n) is 15.7. The molecule has 0 aromatic carbocycles. The highest BCUT2D eigenvalue weighted by Crippen LogP contribution is 2.12. The third-order valence-corrected chi connectivity index (χ3v) is 4.75. The summed E-state index contributed by atoms with van der Waals surface area (Å²) in [6.45, 7) is 3.58. The summed E-state index contributed by atoms with van der Waals surface area (Å²) in [5.74, 6) is -0.149. The molecule has 140 valence electrons. The Morgan fingerprint density at radius 3 is 2.21 bits per heavy atom. The molecule has 0 saturated carbocycles. The molecule has 4 heteroatoms. The number of unbranched alkanes of at least 4 members (excludes halogenated alkanes) is 9. The van der Waals surface area contributed by atoms with Crippen molar-refractivity contribution in [3.8, 4) is 0 Å². The maximum absolute atomic E-state index is 11.8. The van der Waals surface area contributed by atoms with Crippen molar-refractivity contribution < 1.29 is 14.3 Å². The summed E-state index contributed by atoms with van der Waals surface area (Å²) in [6.07, 6.45) is 16.3. The van der Waals surface area contributed by atoms with Gasteiger partial charge < -0.3 is 9.64 Å². The Bertz CT molecular complexity index is 344. The zero-order valence-corrected chi connectivity index (χ0v) is 15.7. The maximum atomic E-state index is 11.8. The van der Waals surface area contributed by atoms with Crippen molar-refractivity contribution in [2.45, 2.75) is 96.8 Å². The lowest BCUT2D eigenvalue weighted by Crippen LogP contribution is -2.36. The molecule has 1 aliphatic heterocycles. The number of hydrogen-bond acceptors (Lipinski definition) is 3. The number of amides is 1. The number of esters is 1. The summed E-state index contributed by atoms with van der Waals surface area (Å²) in [6, 6.07) is 0. The van der Waals surface area contributed by atoms with Crippen LogP contribution in [0.3, 0.4) is 0 Å². The highest BCUT2D eigenvalue weighted by Gasteiger charge is 2.19. The lowest BCUT2D eigenvalue weighted by atomic mass is 10.1. The van der Waals surface area contributed by atoms with Gasteiger partial charge in [0.25, 0.3) is 0 Å². The standard InChI is InChI=1S/C20H37NO3/c1-2-3-4-5-6-7-8-9-10-14-17-24-20(23)18-21-16-13-11-12-15-19(21)22/h2-18H2,1H3. The van der Waals surface area contributed by atoms with Crippen LogP contribution >= 0.6 is 0 Å². The second-order valence-corrected chi connectivity index (χ2v) is 7.03. The van der Waals surface area contributed by atoms with E-state index in [1.807, 2.05) is 0 Å². The van der Waals surface area contributed by atoms with Gasteiger partial charge in [0, 0.05) is 13.0 Å². The predicted molar refractivity (Wildman–Crippen MR) is 97.9 cm³/mol. The number of likely N-dealkylation sites (tertiary alicyclic amines) is 1. The highest BCUT2D eigenvalue weighted by atomic mass is 16.5. The maximum Gasteiger partial charge on any atom is 0.325 e. The monoisotopic (exact) mass is 339 g/mol. The normalized spacial score (nSPS) is 15.4. The van der Waals surface area contributed by atoms with Crippen molar-refractivity contribution in [3.63, 3.8) is 0 Å². The van der Waals surface area contributed by atoms with Crippen LogP contribution in [0, 0.1) is 0 Å². The van der Waals surface area contributed by atoms with Crippen molar-refractivity contribution in [3.05, 3.63) is 0 Å². The minimum Gasteiger partial charge on any atom is -0.464 e. The number of carbonyl (C=O) groups is 2. The van der Waals surface area contributed by atoms with E-state index in [1.165, 1.54) is 51.4 Å². The van der Waals surface area contributed by atoms with Crippen LogP contribution in [0.2, 0.25) is 0 Å². The minimum absolute atomic E-state index is 0.100. The van der Waals surface area contributed by atoms with Gasteiger partial charge in [0.1, 0.15) is 6.54 Å². The smallest absolute Gasteiger partial charge is 0.325 e. The first-order valence-corrected chi connectivity index (χ1v) is 10.2. The van der Waals surface area contributed by atoms with Crippen molar-refractivity contribution in [1.29, 1.82) is 0 Å². The molecule has 1 amide bonds. The van der Waals surface area contributed by atoms with Gasteiger partial charge in [-0.25, -0.2) is 0 Å². The molecular weight excluding hydrogens is 302 g/mol. The third kappa shape index (κ3) is 10.7. The summed E-state index contributed by atoms with van der Waals surface area (Å²) in [7, 11) is 0. The van der Waals surface area contributed by atoms with E-state index in [2.05, 4.69) is 6.92 Å². The Morgan fingerprint density at radius 2 is 1.54 bits per heavy atom. The molecule has 24 heavy (non-hydrogen) atoms. The highest BCUT2D eigenvalue weighted by molar-refractivity contribution is 5.82. The summed E-state index contributed by atoms with van der Waals surface area (Å²) >= 11 is 0. The van der Waals surface area contributed by atoms with Crippen LogP contribution in [-0.2, 0) is 14.3 Å². The van der Waals surface area contributed by atoms with Crippen LogP contribution in [0.4, 0.5) is 0 Å². The number of ether oxygens (including phenoxy) is 1. The largest absolute Gasteiger partial charge is 0.464 e. The van der Waals surface area contributed by atoms with Crippen LogP contribution in [0.15, 0.2) is 0 Å². The molecule has 0 radical (unpaired) electrons. The molecule has 0 spiro atoms. The van der Waals surface area contributed by atoms with Gasteiger partial charge in [-0.2, -0.15) is 0 Å². The summed E-state index contributed by atoms with van der Waals surface area (Å²) < 4.78 is 5.27. The van der Waals surface area contributed by atoms with Crippen molar-refractivity contribution in [2.24, 2.45) is 0 Å². The van der Waals surface area contributed by atoms with Crippen molar-refractivity contribution >= 4 is 11.9 Å². The fraction of sp³-hybridized carbons (Fsp3) is 0.900. The van der Waals surface area contributed by atoms with Gasteiger partial charge in [0.15, 0.2) is 0 Å². The van der Waals surface area contributed by atoms with Gasteiger partial charge in [-0.3, -0.25) is 9.59 Å². The number of carbonyl (C=O) groups excluding carboxylic acids is 2. The van der Waals surface area contributed by atoms with E-state index < -0.39 is 0 Å². The molecule has 4 nitrogen and oxygen atoms in total. The number of rotatable bonds is 13. The summed E-state index contributed by atoms with van der Waals surface area (Å²) in [5.41, 5.74) is 0. The van der Waals surface area contributed by atoms with Crippen LogP contribution in [0.5, 0.6) is 0 Å². The second-order valence-electron chi connectivity index (χ2n) is 7.03. The molecule has 0 unspecified atom stereocenters. The van der Waals surface area contributed by atoms with E-state index in [0.29, 0.717) is 19.6 Å². The fourth-order valence-corrected chi connectivity index (χ4v) is 3.18. The first-order valence-electron chi connectivity index (χ1n) is 10.2. The molecule has 0 aromatic heterocycles. The Labute approximate surface area is 148 Å². The van der Waals surface area contributed by atoms with E-state index in [1.54, 1.807) is 4.90 Å².